The molecule has 0 spiro atoms. The van der Waals surface area contributed by atoms with Gasteiger partial charge in [0.2, 0.25) is 11.8 Å². The van der Waals surface area contributed by atoms with Crippen LogP contribution in [0.15, 0.2) is 77.4 Å². The minimum absolute atomic E-state index is 0.0279. The summed E-state index contributed by atoms with van der Waals surface area (Å²) in [5.41, 5.74) is 2.03. The molecule has 1 aromatic heterocycles. The monoisotopic (exact) mass is 390 g/mol. The zero-order chi connectivity index (χ0) is 20.6. The number of nitrogens with zero attached hydrogens (tertiary/aromatic N) is 1. The van der Waals surface area contributed by atoms with Crippen molar-refractivity contribution in [3.63, 3.8) is 0 Å². The maximum atomic E-state index is 12.9. The Hall–Kier alpha value is -3.67. The molecule has 1 heterocycles. The van der Waals surface area contributed by atoms with Crippen molar-refractivity contribution in [3.05, 3.63) is 89.9 Å². The predicted octanol–water partition coefficient (Wildman–Crippen LogP) is 3.69. The van der Waals surface area contributed by atoms with Gasteiger partial charge in [-0.2, -0.15) is 0 Å². The lowest BCUT2D eigenvalue weighted by Gasteiger charge is -2.21. The zero-order valence-electron chi connectivity index (χ0n) is 16.1. The van der Waals surface area contributed by atoms with E-state index in [-0.39, 0.29) is 37.1 Å². The Labute approximate surface area is 169 Å². The molecule has 0 aliphatic carbocycles. The SMILES string of the molecule is CC(=O)c1ccc(CC(=O)N(CC(=O)Nc2ccccc2)Cc2ccco2)cc1. The number of rotatable bonds is 8. The van der Waals surface area contributed by atoms with Gasteiger partial charge in [-0.05, 0) is 36.8 Å². The molecule has 0 aliphatic heterocycles. The number of hydrogen-bond acceptors (Lipinski definition) is 4. The van der Waals surface area contributed by atoms with Crippen LogP contribution < -0.4 is 5.32 Å². The van der Waals surface area contributed by atoms with Gasteiger partial charge in [0.1, 0.15) is 12.3 Å². The van der Waals surface area contributed by atoms with E-state index in [1.807, 2.05) is 18.2 Å². The second-order valence-corrected chi connectivity index (χ2v) is 6.67. The number of nitrogens with one attached hydrogen (secondary N) is 1. The van der Waals surface area contributed by atoms with E-state index in [0.29, 0.717) is 17.0 Å². The number of anilines is 1. The summed E-state index contributed by atoms with van der Waals surface area (Å²) in [5, 5.41) is 2.79. The van der Waals surface area contributed by atoms with E-state index in [2.05, 4.69) is 5.32 Å². The first kappa shape index (κ1) is 20.1. The Morgan fingerprint density at radius 2 is 1.66 bits per heavy atom. The first-order valence-corrected chi connectivity index (χ1v) is 9.26. The number of carbonyl (C=O) groups excluding carboxylic acids is 3. The molecule has 6 nitrogen and oxygen atoms in total. The van der Waals surface area contributed by atoms with Crippen LogP contribution in [0.25, 0.3) is 0 Å². The summed E-state index contributed by atoms with van der Waals surface area (Å²) in [7, 11) is 0. The summed E-state index contributed by atoms with van der Waals surface area (Å²) < 4.78 is 5.34. The van der Waals surface area contributed by atoms with Crippen LogP contribution in [0.3, 0.4) is 0 Å². The molecule has 0 fully saturated rings. The molecule has 6 heteroatoms. The van der Waals surface area contributed by atoms with Crippen LogP contribution in [0.5, 0.6) is 0 Å². The van der Waals surface area contributed by atoms with Crippen LogP contribution in [-0.2, 0) is 22.6 Å². The van der Waals surface area contributed by atoms with E-state index in [0.717, 1.165) is 5.56 Å². The van der Waals surface area contributed by atoms with Crippen LogP contribution in [-0.4, -0.2) is 29.0 Å². The molecule has 0 saturated heterocycles. The second kappa shape index (κ2) is 9.50. The van der Waals surface area contributed by atoms with Crippen LogP contribution in [0.1, 0.15) is 28.6 Å². The molecule has 2 aromatic carbocycles. The number of carbonyl (C=O) groups is 3. The zero-order valence-corrected chi connectivity index (χ0v) is 16.1. The lowest BCUT2D eigenvalue weighted by molar-refractivity contribution is -0.134. The minimum Gasteiger partial charge on any atom is -0.467 e. The number of ketones is 1. The van der Waals surface area contributed by atoms with Crippen molar-refractivity contribution in [2.75, 3.05) is 11.9 Å². The van der Waals surface area contributed by atoms with E-state index in [1.54, 1.807) is 48.5 Å². The molecule has 3 aromatic rings. The molecule has 2 amide bonds. The molecule has 0 aliphatic rings. The van der Waals surface area contributed by atoms with Crippen molar-refractivity contribution >= 4 is 23.3 Å². The van der Waals surface area contributed by atoms with Crippen molar-refractivity contribution in [2.24, 2.45) is 0 Å². The number of para-hydroxylation sites is 1. The third kappa shape index (κ3) is 5.90. The maximum absolute atomic E-state index is 12.9. The molecule has 0 unspecified atom stereocenters. The molecule has 148 valence electrons. The summed E-state index contributed by atoms with van der Waals surface area (Å²) in [6.45, 7) is 1.59. The van der Waals surface area contributed by atoms with Crippen molar-refractivity contribution in [1.29, 1.82) is 0 Å². The molecule has 0 atom stereocenters. The Balaban J connectivity index is 1.69. The summed E-state index contributed by atoms with van der Waals surface area (Å²) >= 11 is 0. The first-order chi connectivity index (χ1) is 14.0. The van der Waals surface area contributed by atoms with Gasteiger partial charge in [0, 0.05) is 11.3 Å². The average Bonchev–Trinajstić information content (AvgIpc) is 3.22. The summed E-state index contributed by atoms with van der Waals surface area (Å²) in [5.74, 6) is 0.0703. The molecule has 0 saturated carbocycles. The highest BCUT2D eigenvalue weighted by Gasteiger charge is 2.19. The first-order valence-electron chi connectivity index (χ1n) is 9.26. The molecular formula is C23H22N2O4. The molecule has 1 N–H and O–H groups in total. The van der Waals surface area contributed by atoms with E-state index < -0.39 is 0 Å². The van der Waals surface area contributed by atoms with E-state index in [1.165, 1.54) is 18.1 Å². The van der Waals surface area contributed by atoms with Gasteiger partial charge in [-0.15, -0.1) is 0 Å². The second-order valence-electron chi connectivity index (χ2n) is 6.67. The molecule has 0 radical (unpaired) electrons. The highest BCUT2D eigenvalue weighted by atomic mass is 16.3. The van der Waals surface area contributed by atoms with Gasteiger partial charge in [0.05, 0.1) is 19.2 Å². The van der Waals surface area contributed by atoms with Crippen LogP contribution in [0.4, 0.5) is 5.69 Å². The van der Waals surface area contributed by atoms with Crippen LogP contribution >= 0.6 is 0 Å². The van der Waals surface area contributed by atoms with E-state index >= 15 is 0 Å². The van der Waals surface area contributed by atoms with Gasteiger partial charge in [0.25, 0.3) is 0 Å². The standard InChI is InChI=1S/C23H22N2O4/c1-17(26)19-11-9-18(10-12-19)14-23(28)25(15-21-8-5-13-29-21)16-22(27)24-20-6-3-2-4-7-20/h2-13H,14-16H2,1H3,(H,24,27). The van der Waals surface area contributed by atoms with Gasteiger partial charge in [-0.25, -0.2) is 0 Å². The smallest absolute Gasteiger partial charge is 0.244 e. The van der Waals surface area contributed by atoms with Gasteiger partial charge in [-0.1, -0.05) is 42.5 Å². The van der Waals surface area contributed by atoms with Crippen LogP contribution in [0.2, 0.25) is 0 Å². The molecule has 0 bridgehead atoms. The van der Waals surface area contributed by atoms with Crippen molar-refractivity contribution in [2.45, 2.75) is 19.9 Å². The third-order valence-electron chi connectivity index (χ3n) is 4.39. The normalized spacial score (nSPS) is 10.4. The summed E-state index contributed by atoms with van der Waals surface area (Å²) in [6.07, 6.45) is 1.65. The van der Waals surface area contributed by atoms with E-state index in [9.17, 15) is 14.4 Å². The van der Waals surface area contributed by atoms with Crippen molar-refractivity contribution in [3.8, 4) is 0 Å². The largest absolute Gasteiger partial charge is 0.467 e. The number of amides is 2. The third-order valence-corrected chi connectivity index (χ3v) is 4.39. The number of hydrogen-bond donors (Lipinski definition) is 1. The number of furan rings is 1. The Morgan fingerprint density at radius 1 is 0.931 bits per heavy atom. The Kier molecular flexibility index (Phi) is 6.58. The molecule has 29 heavy (non-hydrogen) atoms. The minimum atomic E-state index is -0.289. The van der Waals surface area contributed by atoms with Gasteiger partial charge in [-0.3, -0.25) is 14.4 Å². The van der Waals surface area contributed by atoms with Gasteiger partial charge in [0.15, 0.2) is 5.78 Å². The number of benzene rings is 2. The van der Waals surface area contributed by atoms with E-state index in [4.69, 9.17) is 4.42 Å². The quantitative estimate of drug-likeness (QED) is 0.595. The van der Waals surface area contributed by atoms with Crippen molar-refractivity contribution in [1.82, 2.24) is 4.90 Å². The summed E-state index contributed by atoms with van der Waals surface area (Å²) in [6, 6.07) is 19.5. The highest BCUT2D eigenvalue weighted by molar-refractivity contribution is 5.95. The lowest BCUT2D eigenvalue weighted by atomic mass is 10.1. The fourth-order valence-corrected chi connectivity index (χ4v) is 2.86. The van der Waals surface area contributed by atoms with Gasteiger partial charge < -0.3 is 14.6 Å². The van der Waals surface area contributed by atoms with Crippen molar-refractivity contribution < 1.29 is 18.8 Å². The topological polar surface area (TPSA) is 79.6 Å². The Bertz CT molecular complexity index is 964. The average molecular weight is 390 g/mol. The van der Waals surface area contributed by atoms with Gasteiger partial charge >= 0.3 is 0 Å². The maximum Gasteiger partial charge on any atom is 0.244 e. The fourth-order valence-electron chi connectivity index (χ4n) is 2.86. The number of Topliss-reactive ketones (excluding diaryl/α,β-unsaturated/α-hetero) is 1. The fraction of sp³-hybridized carbons (Fsp3) is 0.174. The lowest BCUT2D eigenvalue weighted by Crippen LogP contribution is -2.38. The van der Waals surface area contributed by atoms with Crippen LogP contribution in [0, 0.1) is 0 Å². The molecular weight excluding hydrogens is 368 g/mol. The Morgan fingerprint density at radius 3 is 2.28 bits per heavy atom. The molecule has 3 rings (SSSR count). The highest BCUT2D eigenvalue weighted by Crippen LogP contribution is 2.12. The predicted molar refractivity (Wildman–Crippen MR) is 109 cm³/mol. The summed E-state index contributed by atoms with van der Waals surface area (Å²) in [4.78, 5) is 38.2.